The average Bonchev–Trinajstić information content (AvgIpc) is 3.37. The molecule has 0 saturated heterocycles. The molecule has 5 heterocycles. The third kappa shape index (κ3) is 3.11. The Bertz CT molecular complexity index is 1930. The summed E-state index contributed by atoms with van der Waals surface area (Å²) in [6, 6.07) is 16.8. The highest BCUT2D eigenvalue weighted by Gasteiger charge is 2.40. The smallest absolute Gasteiger partial charge is 0.344 e. The Labute approximate surface area is 206 Å². The first-order valence-corrected chi connectivity index (χ1v) is 11.2. The average molecular weight is 490 g/mol. The number of para-hydroxylation sites is 2. The maximum Gasteiger partial charge on any atom is 0.344 e. The van der Waals surface area contributed by atoms with E-state index in [1.165, 1.54) is 16.9 Å². The first-order chi connectivity index (χ1) is 18.1. The number of benzene rings is 2. The van der Waals surface area contributed by atoms with Crippen LogP contribution in [0.3, 0.4) is 0 Å². The molecule has 1 atom stereocenters. The third-order valence-electron chi connectivity index (χ3n) is 6.33. The highest BCUT2D eigenvalue weighted by molar-refractivity contribution is 5.87. The van der Waals surface area contributed by atoms with Crippen LogP contribution in [-0.4, -0.2) is 29.5 Å². The summed E-state index contributed by atoms with van der Waals surface area (Å²) in [5.74, 6) is -0.167. The van der Waals surface area contributed by atoms with E-state index >= 15 is 0 Å². The van der Waals surface area contributed by atoms with Gasteiger partial charge in [0.1, 0.15) is 11.9 Å². The quantitative estimate of drug-likeness (QED) is 0.199. The number of hydrogen-bond donors (Lipinski definition) is 0. The Morgan fingerprint density at radius 3 is 2.68 bits per heavy atom. The first kappa shape index (κ1) is 20.9. The lowest BCUT2D eigenvalue weighted by Crippen LogP contribution is -2.23. The zero-order chi connectivity index (χ0) is 25.1. The van der Waals surface area contributed by atoms with E-state index in [2.05, 4.69) is 15.1 Å². The van der Waals surface area contributed by atoms with Gasteiger partial charge in [0.15, 0.2) is 17.2 Å². The van der Waals surface area contributed by atoms with Gasteiger partial charge in [-0.25, -0.2) is 19.3 Å². The van der Waals surface area contributed by atoms with Gasteiger partial charge in [0.05, 0.1) is 27.4 Å². The van der Waals surface area contributed by atoms with Crippen LogP contribution in [-0.2, 0) is 0 Å². The summed E-state index contributed by atoms with van der Waals surface area (Å²) < 4.78 is 13.3. The molecule has 0 amide bonds. The topological polar surface area (TPSA) is 139 Å². The highest BCUT2D eigenvalue weighted by atomic mass is 16.6. The fourth-order valence-corrected chi connectivity index (χ4v) is 4.76. The van der Waals surface area contributed by atoms with Crippen molar-refractivity contribution >= 4 is 22.3 Å². The molecule has 1 unspecified atom stereocenters. The lowest BCUT2D eigenvalue weighted by Gasteiger charge is -2.27. The molecule has 7 rings (SSSR count). The molecule has 1 aliphatic rings. The van der Waals surface area contributed by atoms with E-state index in [9.17, 15) is 14.9 Å². The van der Waals surface area contributed by atoms with Crippen molar-refractivity contribution in [1.82, 2.24) is 24.6 Å². The van der Waals surface area contributed by atoms with Gasteiger partial charge in [-0.3, -0.25) is 15.1 Å². The first-order valence-electron chi connectivity index (χ1n) is 11.2. The minimum Gasteiger partial charge on any atom is -0.437 e. The van der Waals surface area contributed by atoms with Gasteiger partial charge >= 0.3 is 5.63 Å². The molecular formula is C26H14N6O5. The minimum atomic E-state index is -0.955. The number of pyridine rings is 1. The molecule has 0 radical (unpaired) electrons. The zero-order valence-electron chi connectivity index (χ0n) is 18.8. The molecule has 2 aromatic carbocycles. The van der Waals surface area contributed by atoms with Crippen LogP contribution in [0.2, 0.25) is 0 Å². The molecule has 0 fully saturated rings. The predicted molar refractivity (Wildman–Crippen MR) is 131 cm³/mol. The van der Waals surface area contributed by atoms with E-state index < -0.39 is 16.5 Å². The molecule has 0 N–H and O–H groups in total. The number of ether oxygens (including phenoxy) is 1. The maximum absolute atomic E-state index is 13.4. The third-order valence-corrected chi connectivity index (χ3v) is 6.33. The van der Waals surface area contributed by atoms with Crippen LogP contribution in [0.15, 0.2) is 88.6 Å². The number of nitrogens with zero attached hydrogens (tertiary/aromatic N) is 6. The second kappa shape index (κ2) is 7.78. The summed E-state index contributed by atoms with van der Waals surface area (Å²) in [5, 5.41) is 17.1. The maximum atomic E-state index is 13.4. The number of nitro groups is 1. The van der Waals surface area contributed by atoms with Gasteiger partial charge < -0.3 is 9.15 Å². The highest BCUT2D eigenvalue weighted by Crippen LogP contribution is 2.50. The molecule has 4 aromatic heterocycles. The van der Waals surface area contributed by atoms with Crippen LogP contribution < -0.4 is 10.4 Å². The van der Waals surface area contributed by atoms with Gasteiger partial charge in [0, 0.05) is 29.6 Å². The van der Waals surface area contributed by atoms with Crippen LogP contribution in [0.5, 0.6) is 11.6 Å². The van der Waals surface area contributed by atoms with Crippen LogP contribution in [0.1, 0.15) is 22.6 Å². The van der Waals surface area contributed by atoms with Gasteiger partial charge in [0.25, 0.3) is 5.69 Å². The van der Waals surface area contributed by atoms with Gasteiger partial charge in [-0.2, -0.15) is 0 Å². The number of rotatable bonds is 3. The lowest BCUT2D eigenvalue weighted by molar-refractivity contribution is -0.385. The van der Waals surface area contributed by atoms with Crippen molar-refractivity contribution < 1.29 is 14.1 Å². The van der Waals surface area contributed by atoms with E-state index in [1.807, 2.05) is 6.07 Å². The molecule has 0 bridgehead atoms. The Morgan fingerprint density at radius 1 is 1.00 bits per heavy atom. The van der Waals surface area contributed by atoms with Crippen molar-refractivity contribution in [3.8, 4) is 23.0 Å². The zero-order valence-corrected chi connectivity index (χ0v) is 18.8. The molecule has 1 aliphatic heterocycles. The Kier molecular flexibility index (Phi) is 4.39. The van der Waals surface area contributed by atoms with Crippen molar-refractivity contribution in [3.63, 3.8) is 0 Å². The summed E-state index contributed by atoms with van der Waals surface area (Å²) in [6.45, 7) is 0. The van der Waals surface area contributed by atoms with Crippen molar-refractivity contribution in [2.75, 3.05) is 0 Å². The SMILES string of the molecule is O=c1oc2ccccc2c2c1C(c1ccccc1[N+](=O)[O-])c1c(ncn3nc(-c4cccnc4)nc13)O2. The molecule has 178 valence electrons. The lowest BCUT2D eigenvalue weighted by atomic mass is 9.83. The van der Waals surface area contributed by atoms with Crippen molar-refractivity contribution in [3.05, 3.63) is 117 Å². The van der Waals surface area contributed by atoms with Crippen LogP contribution >= 0.6 is 0 Å². The van der Waals surface area contributed by atoms with E-state index in [-0.39, 0.29) is 28.4 Å². The molecule has 11 nitrogen and oxygen atoms in total. The standard InChI is InChI=1S/C26H14N6O5/c33-26-20-19(15-7-1-3-9-17(15)32(34)35)21-24-29-23(14-6-5-11-27-12-14)30-31(24)13-28-25(21)37-22(20)16-8-2-4-10-18(16)36-26/h1-13,19H. The van der Waals surface area contributed by atoms with E-state index in [1.54, 1.807) is 60.9 Å². The Morgan fingerprint density at radius 2 is 1.84 bits per heavy atom. The summed E-state index contributed by atoms with van der Waals surface area (Å²) in [7, 11) is 0. The largest absolute Gasteiger partial charge is 0.437 e. The molecule has 37 heavy (non-hydrogen) atoms. The fourth-order valence-electron chi connectivity index (χ4n) is 4.76. The summed E-state index contributed by atoms with van der Waals surface area (Å²) >= 11 is 0. The number of fused-ring (bicyclic) bond motifs is 6. The summed E-state index contributed by atoms with van der Waals surface area (Å²) in [5.41, 5.74) is 1.29. The molecular weight excluding hydrogens is 476 g/mol. The van der Waals surface area contributed by atoms with E-state index in [0.29, 0.717) is 33.6 Å². The molecule has 11 heteroatoms. The molecule has 0 saturated carbocycles. The van der Waals surface area contributed by atoms with Gasteiger partial charge in [-0.15, -0.1) is 5.10 Å². The normalized spacial score (nSPS) is 14.2. The van der Waals surface area contributed by atoms with Crippen LogP contribution in [0.4, 0.5) is 5.69 Å². The van der Waals surface area contributed by atoms with Crippen molar-refractivity contribution in [1.29, 1.82) is 0 Å². The molecule has 0 aliphatic carbocycles. The second-order valence-corrected chi connectivity index (χ2v) is 8.39. The van der Waals surface area contributed by atoms with Gasteiger partial charge in [-0.1, -0.05) is 30.3 Å². The molecule has 0 spiro atoms. The second-order valence-electron chi connectivity index (χ2n) is 8.39. The van der Waals surface area contributed by atoms with Gasteiger partial charge in [0.2, 0.25) is 5.88 Å². The van der Waals surface area contributed by atoms with Crippen LogP contribution in [0.25, 0.3) is 28.0 Å². The van der Waals surface area contributed by atoms with E-state index in [0.717, 1.165) is 0 Å². The fraction of sp³-hybridized carbons (Fsp3) is 0.0385. The van der Waals surface area contributed by atoms with Gasteiger partial charge in [-0.05, 0) is 24.3 Å². The minimum absolute atomic E-state index is 0.126. The Balaban J connectivity index is 1.59. The summed E-state index contributed by atoms with van der Waals surface area (Å²) in [4.78, 5) is 38.3. The van der Waals surface area contributed by atoms with E-state index in [4.69, 9.17) is 14.1 Å². The number of aromatic nitrogens is 5. The number of hydrogen-bond acceptors (Lipinski definition) is 9. The van der Waals surface area contributed by atoms with Crippen LogP contribution in [0, 0.1) is 10.1 Å². The number of nitro benzene ring substituents is 1. The summed E-state index contributed by atoms with van der Waals surface area (Å²) in [6.07, 6.45) is 4.72. The Hall–Kier alpha value is -5.45. The predicted octanol–water partition coefficient (Wildman–Crippen LogP) is 4.49. The van der Waals surface area contributed by atoms with Crippen molar-refractivity contribution in [2.24, 2.45) is 0 Å². The molecule has 6 aromatic rings. The van der Waals surface area contributed by atoms with Crippen molar-refractivity contribution in [2.45, 2.75) is 5.92 Å². The monoisotopic (exact) mass is 490 g/mol.